The number of aryl methyl sites for hydroxylation is 1. The lowest BCUT2D eigenvalue weighted by molar-refractivity contribution is -0.132. The zero-order valence-electron chi connectivity index (χ0n) is 20.6. The number of nitrogens with zero attached hydrogens (tertiary/aromatic N) is 2. The van der Waals surface area contributed by atoms with Gasteiger partial charge in [0, 0.05) is 54.1 Å². The number of carbonyl (C=O) groups is 1. The maximum absolute atomic E-state index is 13.5. The average Bonchev–Trinajstić information content (AvgIpc) is 3.22. The Kier molecular flexibility index (Phi) is 6.97. The molecule has 35 heavy (non-hydrogen) atoms. The quantitative estimate of drug-likeness (QED) is 0.279. The van der Waals surface area contributed by atoms with E-state index in [-0.39, 0.29) is 11.8 Å². The van der Waals surface area contributed by atoms with Gasteiger partial charge in [-0.1, -0.05) is 78.7 Å². The van der Waals surface area contributed by atoms with E-state index in [4.69, 9.17) is 11.6 Å². The van der Waals surface area contributed by atoms with Crippen LogP contribution in [0.4, 0.5) is 0 Å². The van der Waals surface area contributed by atoms with Crippen molar-refractivity contribution in [3.8, 4) is 0 Å². The van der Waals surface area contributed by atoms with Crippen molar-refractivity contribution < 1.29 is 4.79 Å². The summed E-state index contributed by atoms with van der Waals surface area (Å²) in [6.07, 6.45) is 4.88. The van der Waals surface area contributed by atoms with Crippen molar-refractivity contribution in [3.05, 3.63) is 106 Å². The average molecular weight is 485 g/mol. The molecule has 3 nitrogen and oxygen atoms in total. The summed E-state index contributed by atoms with van der Waals surface area (Å²) < 4.78 is 2.32. The highest BCUT2D eigenvalue weighted by atomic mass is 35.5. The lowest BCUT2D eigenvalue weighted by atomic mass is 9.87. The van der Waals surface area contributed by atoms with E-state index in [2.05, 4.69) is 84.1 Å². The molecule has 4 aromatic rings. The normalized spacial score (nSPS) is 15.5. The van der Waals surface area contributed by atoms with E-state index in [9.17, 15) is 4.79 Å². The minimum Gasteiger partial charge on any atom is -0.343 e. The topological polar surface area (TPSA) is 25.2 Å². The Labute approximate surface area is 213 Å². The zero-order valence-corrected chi connectivity index (χ0v) is 21.3. The van der Waals surface area contributed by atoms with Gasteiger partial charge < -0.3 is 9.47 Å². The van der Waals surface area contributed by atoms with Crippen molar-refractivity contribution in [2.24, 2.45) is 5.92 Å². The second-order valence-corrected chi connectivity index (χ2v) is 10.5. The number of hydrogen-bond acceptors (Lipinski definition) is 1. The predicted octanol–water partition coefficient (Wildman–Crippen LogP) is 7.43. The van der Waals surface area contributed by atoms with Crippen molar-refractivity contribution >= 4 is 28.4 Å². The van der Waals surface area contributed by atoms with Crippen molar-refractivity contribution in [2.75, 3.05) is 13.1 Å². The van der Waals surface area contributed by atoms with Crippen LogP contribution in [0.15, 0.2) is 79.0 Å². The molecule has 1 aliphatic rings. The molecule has 1 fully saturated rings. The third-order valence-electron chi connectivity index (χ3n) is 7.43. The second kappa shape index (κ2) is 10.3. The molecule has 0 aliphatic carbocycles. The molecule has 0 spiro atoms. The number of amides is 1. The molecule has 4 heteroatoms. The first-order valence-electron chi connectivity index (χ1n) is 12.6. The fourth-order valence-electron chi connectivity index (χ4n) is 5.27. The van der Waals surface area contributed by atoms with E-state index >= 15 is 0 Å². The number of piperidine rings is 1. The van der Waals surface area contributed by atoms with Crippen molar-refractivity contribution in [3.63, 3.8) is 0 Å². The van der Waals surface area contributed by atoms with Gasteiger partial charge in [0.2, 0.25) is 5.91 Å². The first kappa shape index (κ1) is 23.7. The molecule has 0 saturated carbocycles. The summed E-state index contributed by atoms with van der Waals surface area (Å²) in [5.74, 6) is 0.879. The van der Waals surface area contributed by atoms with Crippen LogP contribution in [0.2, 0.25) is 5.02 Å². The number of benzene rings is 3. The second-order valence-electron chi connectivity index (χ2n) is 10.1. The van der Waals surface area contributed by atoms with Crippen LogP contribution in [-0.2, 0) is 11.3 Å². The van der Waals surface area contributed by atoms with E-state index in [0.29, 0.717) is 17.4 Å². The fraction of sp³-hybridized carbons (Fsp3) is 0.323. The number of aromatic nitrogens is 1. The van der Waals surface area contributed by atoms with Gasteiger partial charge >= 0.3 is 0 Å². The van der Waals surface area contributed by atoms with E-state index in [1.54, 1.807) is 0 Å². The number of para-hydroxylation sites is 1. The Balaban J connectivity index is 1.54. The summed E-state index contributed by atoms with van der Waals surface area (Å²) >= 11 is 6.42. The number of fused-ring (bicyclic) bond motifs is 1. The summed E-state index contributed by atoms with van der Waals surface area (Å²) in [6.45, 7) is 6.90. The summed E-state index contributed by atoms with van der Waals surface area (Å²) in [7, 11) is 0. The molecule has 0 radical (unpaired) electrons. The van der Waals surface area contributed by atoms with Crippen molar-refractivity contribution in [1.82, 2.24) is 9.47 Å². The number of hydrogen-bond donors (Lipinski definition) is 0. The van der Waals surface area contributed by atoms with Crippen LogP contribution >= 0.6 is 11.6 Å². The molecule has 5 rings (SSSR count). The number of carbonyl (C=O) groups excluding carboxylic acids is 1. The van der Waals surface area contributed by atoms with Gasteiger partial charge in [0.05, 0.1) is 0 Å². The maximum atomic E-state index is 13.5. The SMILES string of the molecule is Cc1ccc(Cn2cc([C@H](CC(=O)N3CCC(C)CC3)c3cccc(Cl)c3)c3ccccc32)cc1. The van der Waals surface area contributed by atoms with Gasteiger partial charge in [-0.25, -0.2) is 0 Å². The number of halogens is 1. The third-order valence-corrected chi connectivity index (χ3v) is 7.67. The minimum atomic E-state index is -0.0512. The minimum absolute atomic E-state index is 0.0512. The lowest BCUT2D eigenvalue weighted by Crippen LogP contribution is -2.38. The van der Waals surface area contributed by atoms with Gasteiger partial charge in [0.25, 0.3) is 0 Å². The number of rotatable bonds is 6. The monoisotopic (exact) mass is 484 g/mol. The molecular formula is C31H33ClN2O. The molecule has 1 atom stereocenters. The highest BCUT2D eigenvalue weighted by Gasteiger charge is 2.27. The third kappa shape index (κ3) is 5.31. The van der Waals surface area contributed by atoms with Crippen LogP contribution in [0.1, 0.15) is 54.4 Å². The van der Waals surface area contributed by atoms with E-state index < -0.39 is 0 Å². The number of likely N-dealkylation sites (tertiary alicyclic amines) is 1. The van der Waals surface area contributed by atoms with Gasteiger partial charge in [0.1, 0.15) is 0 Å². The molecule has 0 bridgehead atoms. The lowest BCUT2D eigenvalue weighted by Gasteiger charge is -2.31. The Morgan fingerprint density at radius 2 is 1.74 bits per heavy atom. The van der Waals surface area contributed by atoms with Crippen molar-refractivity contribution in [2.45, 2.75) is 45.6 Å². The molecule has 1 amide bonds. The van der Waals surface area contributed by atoms with Crippen LogP contribution in [0.25, 0.3) is 10.9 Å². The van der Waals surface area contributed by atoms with Crippen LogP contribution in [0, 0.1) is 12.8 Å². The zero-order chi connectivity index (χ0) is 24.4. The molecule has 2 heterocycles. The van der Waals surface area contributed by atoms with Crippen LogP contribution < -0.4 is 0 Å². The van der Waals surface area contributed by atoms with Gasteiger partial charge in [-0.2, -0.15) is 0 Å². The van der Waals surface area contributed by atoms with Crippen LogP contribution in [-0.4, -0.2) is 28.5 Å². The van der Waals surface area contributed by atoms with E-state index in [1.807, 2.05) is 18.2 Å². The smallest absolute Gasteiger partial charge is 0.223 e. The Hall–Kier alpha value is -3.04. The molecule has 180 valence electrons. The molecule has 1 saturated heterocycles. The summed E-state index contributed by atoms with van der Waals surface area (Å²) in [5, 5.41) is 1.90. The van der Waals surface area contributed by atoms with Gasteiger partial charge in [-0.15, -0.1) is 0 Å². The molecule has 3 aromatic carbocycles. The summed E-state index contributed by atoms with van der Waals surface area (Å²) in [4.78, 5) is 15.6. The van der Waals surface area contributed by atoms with Gasteiger partial charge in [-0.05, 0) is 60.6 Å². The molecule has 0 unspecified atom stereocenters. The predicted molar refractivity (Wildman–Crippen MR) is 145 cm³/mol. The maximum Gasteiger partial charge on any atom is 0.223 e. The first-order chi connectivity index (χ1) is 17.0. The van der Waals surface area contributed by atoms with E-state index in [1.165, 1.54) is 27.6 Å². The highest BCUT2D eigenvalue weighted by molar-refractivity contribution is 6.30. The van der Waals surface area contributed by atoms with Gasteiger partial charge in [-0.3, -0.25) is 4.79 Å². The van der Waals surface area contributed by atoms with E-state index in [0.717, 1.165) is 38.0 Å². The fourth-order valence-corrected chi connectivity index (χ4v) is 5.46. The van der Waals surface area contributed by atoms with Crippen molar-refractivity contribution in [1.29, 1.82) is 0 Å². The molecule has 1 aliphatic heterocycles. The first-order valence-corrected chi connectivity index (χ1v) is 13.0. The largest absolute Gasteiger partial charge is 0.343 e. The Morgan fingerprint density at radius 1 is 1.00 bits per heavy atom. The standard InChI is InChI=1S/C31H33ClN2O/c1-22-10-12-24(13-11-22)20-34-21-29(27-8-3-4-9-30(27)34)28(25-6-5-7-26(32)18-25)19-31(35)33-16-14-23(2)15-17-33/h3-13,18,21,23,28H,14-17,19-20H2,1-2H3/t28-/m1/s1. The molecule has 0 N–H and O–H groups in total. The molecule has 1 aromatic heterocycles. The molecular weight excluding hydrogens is 452 g/mol. The van der Waals surface area contributed by atoms with Crippen LogP contribution in [0.5, 0.6) is 0 Å². The highest BCUT2D eigenvalue weighted by Crippen LogP contribution is 2.36. The summed E-state index contributed by atoms with van der Waals surface area (Å²) in [6, 6.07) is 25.3. The Morgan fingerprint density at radius 3 is 2.49 bits per heavy atom. The summed E-state index contributed by atoms with van der Waals surface area (Å²) in [5.41, 5.74) is 6.00. The van der Waals surface area contributed by atoms with Crippen LogP contribution in [0.3, 0.4) is 0 Å². The Bertz CT molecular complexity index is 1320. The van der Waals surface area contributed by atoms with Gasteiger partial charge in [0.15, 0.2) is 0 Å².